The fraction of sp³-hybridized carbons (Fsp3) is 0.100. The first-order valence-electron chi connectivity index (χ1n) is 4.34. The Morgan fingerprint density at radius 1 is 1.47 bits per heavy atom. The molecule has 1 heterocycles. The zero-order chi connectivity index (χ0) is 11.0. The van der Waals surface area contributed by atoms with Crippen molar-refractivity contribution in [3.05, 3.63) is 41.1 Å². The van der Waals surface area contributed by atoms with Gasteiger partial charge in [0.15, 0.2) is 0 Å². The molecule has 3 nitrogen and oxygen atoms in total. The predicted molar refractivity (Wildman–Crippen MR) is 57.5 cm³/mol. The Hall–Kier alpha value is -1.55. The van der Waals surface area contributed by atoms with Crippen molar-refractivity contribution in [3.63, 3.8) is 0 Å². The van der Waals surface area contributed by atoms with Crippen molar-refractivity contribution in [2.24, 2.45) is 0 Å². The SMILES string of the molecule is Cc1nc(-c2ccc(Cl)cc2F)cn1N. The molecule has 78 valence electrons. The second-order valence-corrected chi connectivity index (χ2v) is 3.64. The number of aromatic nitrogens is 2. The number of halogens is 2. The maximum absolute atomic E-state index is 13.5. The zero-order valence-electron chi connectivity index (χ0n) is 8.04. The summed E-state index contributed by atoms with van der Waals surface area (Å²) in [5.41, 5.74) is 0.899. The monoisotopic (exact) mass is 225 g/mol. The molecule has 1 aromatic carbocycles. The third-order valence-electron chi connectivity index (χ3n) is 2.12. The van der Waals surface area contributed by atoms with Crippen LogP contribution in [0.2, 0.25) is 5.02 Å². The molecule has 0 fully saturated rings. The van der Waals surface area contributed by atoms with Crippen LogP contribution in [-0.2, 0) is 0 Å². The number of hydrogen-bond donors (Lipinski definition) is 1. The van der Waals surface area contributed by atoms with Crippen LogP contribution in [0.15, 0.2) is 24.4 Å². The van der Waals surface area contributed by atoms with Crippen LogP contribution in [0, 0.1) is 12.7 Å². The number of nitrogen functional groups attached to an aromatic ring is 1. The van der Waals surface area contributed by atoms with Gasteiger partial charge in [-0.1, -0.05) is 11.6 Å². The van der Waals surface area contributed by atoms with E-state index in [0.717, 1.165) is 0 Å². The quantitative estimate of drug-likeness (QED) is 0.758. The van der Waals surface area contributed by atoms with Gasteiger partial charge in [-0.05, 0) is 25.1 Å². The second kappa shape index (κ2) is 3.55. The number of imidazole rings is 1. The van der Waals surface area contributed by atoms with E-state index in [0.29, 0.717) is 22.1 Å². The Kier molecular flexibility index (Phi) is 2.36. The number of nitrogens with two attached hydrogens (primary N) is 1. The van der Waals surface area contributed by atoms with E-state index in [4.69, 9.17) is 17.4 Å². The average Bonchev–Trinajstić information content (AvgIpc) is 2.46. The molecule has 2 rings (SSSR count). The van der Waals surface area contributed by atoms with Crippen LogP contribution >= 0.6 is 11.6 Å². The summed E-state index contributed by atoms with van der Waals surface area (Å²) >= 11 is 5.65. The first-order chi connectivity index (χ1) is 7.08. The number of aryl methyl sites for hydroxylation is 1. The molecule has 0 aliphatic carbocycles. The normalized spacial score (nSPS) is 10.6. The molecule has 1 aromatic heterocycles. The topological polar surface area (TPSA) is 43.8 Å². The number of benzene rings is 1. The average molecular weight is 226 g/mol. The van der Waals surface area contributed by atoms with Gasteiger partial charge >= 0.3 is 0 Å². The Bertz CT molecular complexity index is 488. The van der Waals surface area contributed by atoms with Crippen molar-refractivity contribution >= 4 is 11.6 Å². The van der Waals surface area contributed by atoms with Gasteiger partial charge in [0.2, 0.25) is 0 Å². The van der Waals surface area contributed by atoms with Gasteiger partial charge in [0.1, 0.15) is 11.6 Å². The third-order valence-corrected chi connectivity index (χ3v) is 2.36. The van der Waals surface area contributed by atoms with Gasteiger partial charge < -0.3 is 5.84 Å². The molecule has 0 amide bonds. The standard InChI is InChI=1S/C10H9ClFN3/c1-6-14-10(5-15(6)13)8-3-2-7(11)4-9(8)12/h2-5H,13H2,1H3. The van der Waals surface area contributed by atoms with Crippen molar-refractivity contribution in [2.45, 2.75) is 6.92 Å². The lowest BCUT2D eigenvalue weighted by Gasteiger charge is -1.98. The summed E-state index contributed by atoms with van der Waals surface area (Å²) in [5.74, 6) is 5.79. The minimum Gasteiger partial charge on any atom is -0.338 e. The molecule has 0 unspecified atom stereocenters. The molecule has 0 radical (unpaired) electrons. The van der Waals surface area contributed by atoms with Gasteiger partial charge in [-0.25, -0.2) is 9.37 Å². The lowest BCUT2D eigenvalue weighted by molar-refractivity contribution is 0.631. The first kappa shape index (κ1) is 9.98. The van der Waals surface area contributed by atoms with Gasteiger partial charge in [0.05, 0.1) is 11.9 Å². The minimum atomic E-state index is -0.402. The Balaban J connectivity index is 2.54. The van der Waals surface area contributed by atoms with Gasteiger partial charge in [0.25, 0.3) is 0 Å². The molecular formula is C10H9ClFN3. The zero-order valence-corrected chi connectivity index (χ0v) is 8.79. The highest BCUT2D eigenvalue weighted by Gasteiger charge is 2.09. The van der Waals surface area contributed by atoms with Crippen LogP contribution in [-0.4, -0.2) is 9.66 Å². The van der Waals surface area contributed by atoms with Crippen LogP contribution in [0.25, 0.3) is 11.3 Å². The van der Waals surface area contributed by atoms with Crippen LogP contribution < -0.4 is 5.84 Å². The molecule has 0 spiro atoms. The van der Waals surface area contributed by atoms with E-state index in [2.05, 4.69) is 4.98 Å². The Labute approximate surface area is 91.3 Å². The van der Waals surface area contributed by atoms with Gasteiger partial charge in [-0.2, -0.15) is 0 Å². The van der Waals surface area contributed by atoms with Gasteiger partial charge in [0, 0.05) is 10.6 Å². The number of rotatable bonds is 1. The molecule has 0 aliphatic heterocycles. The van der Waals surface area contributed by atoms with E-state index in [1.807, 2.05) is 0 Å². The molecule has 0 bridgehead atoms. The lowest BCUT2D eigenvalue weighted by atomic mass is 10.1. The highest BCUT2D eigenvalue weighted by atomic mass is 35.5. The fourth-order valence-electron chi connectivity index (χ4n) is 1.31. The van der Waals surface area contributed by atoms with E-state index in [1.165, 1.54) is 10.7 Å². The summed E-state index contributed by atoms with van der Waals surface area (Å²) in [6.45, 7) is 1.75. The summed E-state index contributed by atoms with van der Waals surface area (Å²) in [7, 11) is 0. The van der Waals surface area contributed by atoms with Crippen molar-refractivity contribution in [1.29, 1.82) is 0 Å². The van der Waals surface area contributed by atoms with Gasteiger partial charge in [-0.15, -0.1) is 0 Å². The summed E-state index contributed by atoms with van der Waals surface area (Å²) in [6, 6.07) is 4.45. The highest BCUT2D eigenvalue weighted by Crippen LogP contribution is 2.24. The maximum Gasteiger partial charge on any atom is 0.134 e. The maximum atomic E-state index is 13.5. The Morgan fingerprint density at radius 2 is 2.20 bits per heavy atom. The van der Waals surface area contributed by atoms with E-state index in [1.54, 1.807) is 25.3 Å². The lowest BCUT2D eigenvalue weighted by Crippen LogP contribution is -2.07. The fourth-order valence-corrected chi connectivity index (χ4v) is 1.47. The molecule has 5 heteroatoms. The summed E-state index contributed by atoms with van der Waals surface area (Å²) in [4.78, 5) is 4.13. The minimum absolute atomic E-state index is 0.361. The van der Waals surface area contributed by atoms with E-state index in [9.17, 15) is 4.39 Å². The van der Waals surface area contributed by atoms with E-state index < -0.39 is 5.82 Å². The van der Waals surface area contributed by atoms with Gasteiger partial charge in [-0.3, -0.25) is 4.68 Å². The largest absolute Gasteiger partial charge is 0.338 e. The molecule has 0 aliphatic rings. The first-order valence-corrected chi connectivity index (χ1v) is 4.72. The van der Waals surface area contributed by atoms with Crippen LogP contribution in [0.5, 0.6) is 0 Å². The molecule has 0 saturated heterocycles. The third kappa shape index (κ3) is 1.80. The van der Waals surface area contributed by atoms with Crippen molar-refractivity contribution in [2.75, 3.05) is 5.84 Å². The molecule has 0 saturated carbocycles. The van der Waals surface area contributed by atoms with E-state index >= 15 is 0 Å². The van der Waals surface area contributed by atoms with Crippen LogP contribution in [0.4, 0.5) is 4.39 Å². The van der Waals surface area contributed by atoms with Crippen molar-refractivity contribution in [3.8, 4) is 11.3 Å². The summed E-state index contributed by atoms with van der Waals surface area (Å²) < 4.78 is 14.9. The van der Waals surface area contributed by atoms with Crippen LogP contribution in [0.3, 0.4) is 0 Å². The summed E-state index contributed by atoms with van der Waals surface area (Å²) in [6.07, 6.45) is 1.57. The molecule has 2 N–H and O–H groups in total. The molecule has 2 aromatic rings. The van der Waals surface area contributed by atoms with E-state index in [-0.39, 0.29) is 0 Å². The van der Waals surface area contributed by atoms with Crippen LogP contribution in [0.1, 0.15) is 5.82 Å². The number of nitrogens with zero attached hydrogens (tertiary/aromatic N) is 2. The smallest absolute Gasteiger partial charge is 0.134 e. The molecular weight excluding hydrogens is 217 g/mol. The molecule has 0 atom stereocenters. The van der Waals surface area contributed by atoms with Crippen molar-refractivity contribution in [1.82, 2.24) is 9.66 Å². The van der Waals surface area contributed by atoms with Crippen molar-refractivity contribution < 1.29 is 4.39 Å². The predicted octanol–water partition coefficient (Wildman–Crippen LogP) is 2.36. The summed E-state index contributed by atoms with van der Waals surface area (Å²) in [5, 5.41) is 0.361. The second-order valence-electron chi connectivity index (χ2n) is 3.20. The Morgan fingerprint density at radius 3 is 2.73 bits per heavy atom. The highest BCUT2D eigenvalue weighted by molar-refractivity contribution is 6.30. The molecule has 15 heavy (non-hydrogen) atoms. The number of hydrogen-bond acceptors (Lipinski definition) is 2.